The van der Waals surface area contributed by atoms with Crippen molar-refractivity contribution in [3.8, 4) is 0 Å². The van der Waals surface area contributed by atoms with Gasteiger partial charge < -0.3 is 10.1 Å². The highest BCUT2D eigenvalue weighted by molar-refractivity contribution is 5.27. The third-order valence-electron chi connectivity index (χ3n) is 4.36. The van der Waals surface area contributed by atoms with Gasteiger partial charge in [-0.3, -0.25) is 0 Å². The SMILES string of the molecule is Cc1cc(F)c(C2CNC3CCCC3CO2)cc1F. The van der Waals surface area contributed by atoms with Gasteiger partial charge in [0.2, 0.25) is 0 Å². The Labute approximate surface area is 112 Å². The van der Waals surface area contributed by atoms with Crippen LogP contribution in [0.3, 0.4) is 0 Å². The van der Waals surface area contributed by atoms with Gasteiger partial charge >= 0.3 is 0 Å². The molecule has 1 saturated heterocycles. The second-order valence-corrected chi connectivity index (χ2v) is 5.65. The molecule has 1 aromatic carbocycles. The highest BCUT2D eigenvalue weighted by Crippen LogP contribution is 2.32. The third-order valence-corrected chi connectivity index (χ3v) is 4.36. The van der Waals surface area contributed by atoms with Crippen molar-refractivity contribution in [2.75, 3.05) is 13.2 Å². The molecule has 3 atom stereocenters. The minimum atomic E-state index is -0.388. The standard InChI is InChI=1S/C15H19F2NO/c1-9-5-13(17)11(6-12(9)16)15-7-18-14-4-2-3-10(14)8-19-15/h5-6,10,14-15,18H,2-4,7-8H2,1H3. The van der Waals surface area contributed by atoms with Gasteiger partial charge in [0.05, 0.1) is 12.7 Å². The highest BCUT2D eigenvalue weighted by atomic mass is 19.1. The summed E-state index contributed by atoms with van der Waals surface area (Å²) in [6.45, 7) is 2.76. The van der Waals surface area contributed by atoms with E-state index in [9.17, 15) is 8.78 Å². The normalized spacial score (nSPS) is 31.0. The zero-order valence-corrected chi connectivity index (χ0v) is 11.1. The maximum absolute atomic E-state index is 14.0. The Morgan fingerprint density at radius 3 is 2.89 bits per heavy atom. The molecule has 2 fully saturated rings. The number of benzene rings is 1. The van der Waals surface area contributed by atoms with E-state index >= 15 is 0 Å². The molecule has 0 spiro atoms. The summed E-state index contributed by atoms with van der Waals surface area (Å²) < 4.78 is 33.4. The lowest BCUT2D eigenvalue weighted by molar-refractivity contribution is 0.0450. The van der Waals surface area contributed by atoms with Gasteiger partial charge in [-0.25, -0.2) is 8.78 Å². The lowest BCUT2D eigenvalue weighted by Gasteiger charge is -2.17. The predicted octanol–water partition coefficient (Wildman–Crippen LogP) is 3.10. The van der Waals surface area contributed by atoms with E-state index in [2.05, 4.69) is 5.32 Å². The molecule has 0 aromatic heterocycles. The van der Waals surface area contributed by atoms with Crippen LogP contribution in [0.2, 0.25) is 0 Å². The monoisotopic (exact) mass is 267 g/mol. The first-order valence-electron chi connectivity index (χ1n) is 6.95. The van der Waals surface area contributed by atoms with Gasteiger partial charge in [-0.15, -0.1) is 0 Å². The molecule has 3 rings (SSSR count). The van der Waals surface area contributed by atoms with Crippen molar-refractivity contribution in [2.45, 2.75) is 38.3 Å². The van der Waals surface area contributed by atoms with Crippen LogP contribution in [0.1, 0.15) is 36.5 Å². The van der Waals surface area contributed by atoms with Gasteiger partial charge in [-0.2, -0.15) is 0 Å². The van der Waals surface area contributed by atoms with E-state index in [1.54, 1.807) is 6.92 Å². The van der Waals surface area contributed by atoms with Crippen molar-refractivity contribution < 1.29 is 13.5 Å². The molecule has 1 N–H and O–H groups in total. The summed E-state index contributed by atoms with van der Waals surface area (Å²) in [5.41, 5.74) is 0.662. The Morgan fingerprint density at radius 2 is 2.05 bits per heavy atom. The molecule has 1 aliphatic heterocycles. The lowest BCUT2D eigenvalue weighted by Crippen LogP contribution is -2.32. The molecular weight excluding hydrogens is 248 g/mol. The van der Waals surface area contributed by atoms with Crippen LogP contribution in [0.4, 0.5) is 8.78 Å². The second-order valence-electron chi connectivity index (χ2n) is 5.65. The van der Waals surface area contributed by atoms with Crippen LogP contribution >= 0.6 is 0 Å². The molecule has 19 heavy (non-hydrogen) atoms. The molecule has 0 bridgehead atoms. The van der Waals surface area contributed by atoms with Crippen LogP contribution in [-0.4, -0.2) is 19.2 Å². The van der Waals surface area contributed by atoms with Gasteiger partial charge in [0.15, 0.2) is 0 Å². The minimum absolute atomic E-state index is 0.329. The first kappa shape index (κ1) is 13.0. The Kier molecular flexibility index (Phi) is 3.54. The van der Waals surface area contributed by atoms with Gasteiger partial charge in [-0.1, -0.05) is 6.42 Å². The van der Waals surface area contributed by atoms with Gasteiger partial charge in [0.25, 0.3) is 0 Å². The first-order valence-corrected chi connectivity index (χ1v) is 6.95. The molecule has 1 aliphatic carbocycles. The van der Waals surface area contributed by atoms with E-state index in [4.69, 9.17) is 4.74 Å². The Balaban J connectivity index is 1.81. The number of fused-ring (bicyclic) bond motifs is 1. The molecule has 2 nitrogen and oxygen atoms in total. The Hall–Kier alpha value is -1.00. The average Bonchev–Trinajstić information content (AvgIpc) is 2.74. The molecule has 3 unspecified atom stereocenters. The van der Waals surface area contributed by atoms with Crippen molar-refractivity contribution in [1.29, 1.82) is 0 Å². The summed E-state index contributed by atoms with van der Waals surface area (Å²) >= 11 is 0. The third kappa shape index (κ3) is 2.51. The van der Waals surface area contributed by atoms with E-state index < -0.39 is 0 Å². The molecule has 2 aliphatic rings. The average molecular weight is 267 g/mol. The number of hydrogen-bond donors (Lipinski definition) is 1. The van der Waals surface area contributed by atoms with Gasteiger partial charge in [0, 0.05) is 18.2 Å². The summed E-state index contributed by atoms with van der Waals surface area (Å²) in [5, 5.41) is 3.44. The van der Waals surface area contributed by atoms with E-state index in [1.165, 1.54) is 18.6 Å². The number of ether oxygens (including phenoxy) is 1. The summed E-state index contributed by atoms with van der Waals surface area (Å²) in [6.07, 6.45) is 3.16. The Morgan fingerprint density at radius 1 is 1.21 bits per heavy atom. The second kappa shape index (κ2) is 5.17. The minimum Gasteiger partial charge on any atom is -0.372 e. The van der Waals surface area contributed by atoms with Crippen molar-refractivity contribution in [3.63, 3.8) is 0 Å². The smallest absolute Gasteiger partial charge is 0.129 e. The quantitative estimate of drug-likeness (QED) is 0.844. The summed E-state index contributed by atoms with van der Waals surface area (Å²) in [6, 6.07) is 3.00. The lowest BCUT2D eigenvalue weighted by atomic mass is 10.1. The van der Waals surface area contributed by atoms with Crippen LogP contribution in [0.5, 0.6) is 0 Å². The van der Waals surface area contributed by atoms with Crippen LogP contribution < -0.4 is 5.32 Å². The molecule has 1 aromatic rings. The zero-order chi connectivity index (χ0) is 13.4. The molecule has 0 amide bonds. The van der Waals surface area contributed by atoms with Gasteiger partial charge in [0.1, 0.15) is 11.6 Å². The number of halogens is 2. The summed E-state index contributed by atoms with van der Waals surface area (Å²) in [7, 11) is 0. The van der Waals surface area contributed by atoms with Crippen LogP contribution in [0.25, 0.3) is 0 Å². The molecule has 1 saturated carbocycles. The van der Waals surface area contributed by atoms with E-state index in [1.807, 2.05) is 0 Å². The fourth-order valence-electron chi connectivity index (χ4n) is 3.17. The van der Waals surface area contributed by atoms with Crippen LogP contribution in [0.15, 0.2) is 12.1 Å². The maximum atomic E-state index is 14.0. The Bertz CT molecular complexity index is 463. The fraction of sp³-hybridized carbons (Fsp3) is 0.600. The van der Waals surface area contributed by atoms with E-state index in [0.29, 0.717) is 36.2 Å². The molecule has 4 heteroatoms. The topological polar surface area (TPSA) is 21.3 Å². The van der Waals surface area contributed by atoms with Crippen molar-refractivity contribution >= 4 is 0 Å². The van der Waals surface area contributed by atoms with Crippen LogP contribution in [-0.2, 0) is 4.74 Å². The molecule has 0 radical (unpaired) electrons. The number of nitrogens with one attached hydrogen (secondary N) is 1. The fourth-order valence-corrected chi connectivity index (χ4v) is 3.17. The van der Waals surface area contributed by atoms with E-state index in [-0.39, 0.29) is 17.7 Å². The maximum Gasteiger partial charge on any atom is 0.129 e. The molecular formula is C15H19F2NO. The predicted molar refractivity (Wildman–Crippen MR) is 68.9 cm³/mol. The molecule has 104 valence electrons. The summed E-state index contributed by atoms with van der Waals surface area (Å²) in [5.74, 6) is -0.231. The first-order chi connectivity index (χ1) is 9.15. The number of rotatable bonds is 1. The zero-order valence-electron chi connectivity index (χ0n) is 11.1. The van der Waals surface area contributed by atoms with Crippen LogP contribution in [0, 0.1) is 24.5 Å². The van der Waals surface area contributed by atoms with Crippen molar-refractivity contribution in [1.82, 2.24) is 5.32 Å². The summed E-state index contributed by atoms with van der Waals surface area (Å²) in [4.78, 5) is 0. The van der Waals surface area contributed by atoms with Crippen molar-refractivity contribution in [3.05, 3.63) is 34.9 Å². The van der Waals surface area contributed by atoms with E-state index in [0.717, 1.165) is 12.8 Å². The van der Waals surface area contributed by atoms with Gasteiger partial charge in [-0.05, 0) is 43.4 Å². The molecule has 1 heterocycles. The largest absolute Gasteiger partial charge is 0.372 e. The number of hydrogen-bond acceptors (Lipinski definition) is 2. The highest BCUT2D eigenvalue weighted by Gasteiger charge is 2.32. The van der Waals surface area contributed by atoms with Crippen molar-refractivity contribution in [2.24, 2.45) is 5.92 Å². The number of aryl methyl sites for hydroxylation is 1.